The molecule has 6 nitrogen and oxygen atoms in total. The number of hydrogen-bond acceptors (Lipinski definition) is 5. The summed E-state index contributed by atoms with van der Waals surface area (Å²) < 4.78 is 36.1. The molecule has 0 saturated heterocycles. The lowest BCUT2D eigenvalue weighted by atomic mass is 10.2. The molecule has 0 aliphatic heterocycles. The summed E-state index contributed by atoms with van der Waals surface area (Å²) in [6.45, 7) is 6.24. The lowest BCUT2D eigenvalue weighted by Crippen LogP contribution is -2.68. The number of pyridine rings is 1. The molecule has 1 aromatic heterocycles. The number of aromatic nitrogens is 1. The number of rotatable bonds is 1. The molecule has 0 aliphatic rings. The lowest BCUT2D eigenvalue weighted by Gasteiger charge is -2.17. The Hall–Kier alpha value is -1.70. The minimum atomic E-state index is -4.94. The SMILES string of the molecule is Cc1cc(C)[n+](-c2cccc(O)c2)c(C)c1.[O-][Cl+3]([O-])([O-])[O-]. The summed E-state index contributed by atoms with van der Waals surface area (Å²) in [5.41, 5.74) is 4.59. The molecule has 1 heterocycles. The molecule has 2 aromatic rings. The molecular formula is C14H16ClNO5. The second-order valence-corrected chi connectivity index (χ2v) is 5.30. The Balaban J connectivity index is 0.000000383. The van der Waals surface area contributed by atoms with Crippen molar-refractivity contribution in [3.05, 3.63) is 53.3 Å². The van der Waals surface area contributed by atoms with Gasteiger partial charge in [-0.05, 0) is 18.6 Å². The molecule has 0 atom stereocenters. The first-order valence-corrected chi connectivity index (χ1v) is 7.22. The topological polar surface area (TPSA) is 116 Å². The number of hydrogen-bond donors (Lipinski definition) is 1. The second kappa shape index (κ2) is 6.84. The Bertz CT molecular complexity index is 596. The minimum Gasteiger partial charge on any atom is -0.508 e. The molecule has 7 heteroatoms. The molecule has 0 radical (unpaired) electrons. The first kappa shape index (κ1) is 17.4. The van der Waals surface area contributed by atoms with Crippen molar-refractivity contribution in [1.29, 1.82) is 0 Å². The fourth-order valence-electron chi connectivity index (χ4n) is 2.15. The number of phenolic OH excluding ortho intramolecular Hbond substituents is 1. The molecule has 2 rings (SSSR count). The number of nitrogens with zero attached hydrogens (tertiary/aromatic N) is 1. The van der Waals surface area contributed by atoms with Gasteiger partial charge < -0.3 is 5.11 Å². The van der Waals surface area contributed by atoms with Crippen molar-refractivity contribution in [3.8, 4) is 11.4 Å². The fraction of sp³-hybridized carbons (Fsp3) is 0.214. The van der Waals surface area contributed by atoms with Crippen LogP contribution >= 0.6 is 0 Å². The summed E-state index contributed by atoms with van der Waals surface area (Å²) in [6.07, 6.45) is 0. The van der Waals surface area contributed by atoms with Gasteiger partial charge in [-0.25, -0.2) is 18.6 Å². The standard InChI is InChI=1S/C14H15NO.ClHO4/c1-10-7-11(2)15(12(3)8-10)13-5-4-6-14(16)9-13;2-1(3,4)5/h4-9H,1-3H3;(H,2,3,4,5). The van der Waals surface area contributed by atoms with Crippen molar-refractivity contribution in [2.75, 3.05) is 0 Å². The Kier molecular flexibility index (Phi) is 5.65. The molecule has 114 valence electrons. The van der Waals surface area contributed by atoms with E-state index in [0.29, 0.717) is 5.75 Å². The molecule has 21 heavy (non-hydrogen) atoms. The quantitative estimate of drug-likeness (QED) is 0.602. The van der Waals surface area contributed by atoms with Crippen molar-refractivity contribution in [1.82, 2.24) is 0 Å². The highest BCUT2D eigenvalue weighted by Gasteiger charge is 2.14. The van der Waals surface area contributed by atoms with E-state index in [2.05, 4.69) is 37.5 Å². The van der Waals surface area contributed by atoms with Crippen LogP contribution in [0.15, 0.2) is 36.4 Å². The maximum Gasteiger partial charge on any atom is 0.214 e. The van der Waals surface area contributed by atoms with Crippen LogP contribution in [0.25, 0.3) is 5.69 Å². The monoisotopic (exact) mass is 313 g/mol. The lowest BCUT2D eigenvalue weighted by molar-refractivity contribution is -2.00. The normalized spacial score (nSPS) is 10.8. The number of aromatic hydroxyl groups is 1. The van der Waals surface area contributed by atoms with Gasteiger partial charge in [-0.1, -0.05) is 6.07 Å². The number of phenols is 1. The van der Waals surface area contributed by atoms with Crippen molar-refractivity contribution >= 4 is 0 Å². The molecule has 1 aromatic carbocycles. The minimum absolute atomic E-state index is 0.296. The van der Waals surface area contributed by atoms with Gasteiger partial charge in [-0.3, -0.25) is 0 Å². The van der Waals surface area contributed by atoms with Gasteiger partial charge in [0.2, 0.25) is 5.69 Å². The predicted molar refractivity (Wildman–Crippen MR) is 63.8 cm³/mol. The number of halogens is 1. The van der Waals surface area contributed by atoms with E-state index in [-0.39, 0.29) is 0 Å². The number of aryl methyl sites for hydroxylation is 3. The largest absolute Gasteiger partial charge is 0.508 e. The average molecular weight is 314 g/mol. The van der Waals surface area contributed by atoms with Crippen molar-refractivity contribution in [2.24, 2.45) is 0 Å². The van der Waals surface area contributed by atoms with Gasteiger partial charge in [-0.15, -0.1) is 10.2 Å². The van der Waals surface area contributed by atoms with E-state index in [1.807, 2.05) is 12.1 Å². The van der Waals surface area contributed by atoms with Crippen molar-refractivity contribution in [2.45, 2.75) is 20.8 Å². The molecule has 0 amide bonds. The zero-order chi connectivity index (χ0) is 16.2. The highest BCUT2D eigenvalue weighted by atomic mass is 35.7. The van der Waals surface area contributed by atoms with Crippen LogP contribution in [0.1, 0.15) is 17.0 Å². The number of benzene rings is 1. The molecule has 0 bridgehead atoms. The van der Waals surface area contributed by atoms with Crippen LogP contribution in [0.4, 0.5) is 0 Å². The molecular weight excluding hydrogens is 298 g/mol. The van der Waals surface area contributed by atoms with Crippen LogP contribution in [0, 0.1) is 31.0 Å². The maximum absolute atomic E-state index is 9.50. The van der Waals surface area contributed by atoms with Crippen LogP contribution in [-0.4, -0.2) is 5.11 Å². The van der Waals surface area contributed by atoms with E-state index < -0.39 is 10.2 Å². The van der Waals surface area contributed by atoms with Gasteiger partial charge in [0.1, 0.15) is 5.75 Å². The third kappa shape index (κ3) is 6.07. The van der Waals surface area contributed by atoms with Crippen LogP contribution in [-0.2, 0) is 0 Å². The van der Waals surface area contributed by atoms with E-state index in [0.717, 1.165) is 5.69 Å². The van der Waals surface area contributed by atoms with Gasteiger partial charge >= 0.3 is 0 Å². The van der Waals surface area contributed by atoms with E-state index in [4.69, 9.17) is 18.6 Å². The Labute approximate surface area is 124 Å². The van der Waals surface area contributed by atoms with Crippen LogP contribution in [0.3, 0.4) is 0 Å². The summed E-state index contributed by atoms with van der Waals surface area (Å²) in [4.78, 5) is 0. The first-order chi connectivity index (χ1) is 9.58. The van der Waals surface area contributed by atoms with Crippen LogP contribution in [0.2, 0.25) is 0 Å². The summed E-state index contributed by atoms with van der Waals surface area (Å²) in [6, 6.07) is 11.6. The third-order valence-electron chi connectivity index (χ3n) is 2.67. The highest BCUT2D eigenvalue weighted by Crippen LogP contribution is 2.13. The van der Waals surface area contributed by atoms with Crippen molar-refractivity contribution < 1.29 is 38.6 Å². The summed E-state index contributed by atoms with van der Waals surface area (Å²) >= 11 is 0. The summed E-state index contributed by atoms with van der Waals surface area (Å²) in [5, 5.41) is 9.50. The maximum atomic E-state index is 9.50. The predicted octanol–water partition coefficient (Wildman–Crippen LogP) is -2.16. The molecule has 0 saturated carbocycles. The summed E-state index contributed by atoms with van der Waals surface area (Å²) in [5.74, 6) is 0.296. The zero-order valence-corrected chi connectivity index (χ0v) is 12.6. The first-order valence-electron chi connectivity index (χ1n) is 5.99. The van der Waals surface area contributed by atoms with Crippen molar-refractivity contribution in [3.63, 3.8) is 0 Å². The Morgan fingerprint density at radius 2 is 1.38 bits per heavy atom. The highest BCUT2D eigenvalue weighted by molar-refractivity contribution is 5.33. The Morgan fingerprint density at radius 3 is 1.81 bits per heavy atom. The molecule has 0 spiro atoms. The molecule has 0 fully saturated rings. The average Bonchev–Trinajstić information content (AvgIpc) is 2.24. The van der Waals surface area contributed by atoms with Crippen LogP contribution in [0.5, 0.6) is 5.75 Å². The fourth-order valence-corrected chi connectivity index (χ4v) is 2.15. The molecule has 0 unspecified atom stereocenters. The third-order valence-corrected chi connectivity index (χ3v) is 2.67. The summed E-state index contributed by atoms with van der Waals surface area (Å²) in [7, 11) is -4.94. The smallest absolute Gasteiger partial charge is 0.214 e. The van der Waals surface area contributed by atoms with Gasteiger partial charge in [0, 0.05) is 32.0 Å². The second-order valence-electron chi connectivity index (χ2n) is 4.55. The molecule has 1 N–H and O–H groups in total. The van der Waals surface area contributed by atoms with E-state index in [1.165, 1.54) is 17.0 Å². The Morgan fingerprint density at radius 1 is 0.905 bits per heavy atom. The van der Waals surface area contributed by atoms with Gasteiger partial charge in [0.25, 0.3) is 0 Å². The molecule has 0 aliphatic carbocycles. The van der Waals surface area contributed by atoms with Gasteiger partial charge in [0.05, 0.1) is 6.07 Å². The van der Waals surface area contributed by atoms with Gasteiger partial charge in [0.15, 0.2) is 11.4 Å². The van der Waals surface area contributed by atoms with Crippen LogP contribution < -0.4 is 23.2 Å². The van der Waals surface area contributed by atoms with E-state index >= 15 is 0 Å². The van der Waals surface area contributed by atoms with E-state index in [9.17, 15) is 5.11 Å². The van der Waals surface area contributed by atoms with Gasteiger partial charge in [-0.2, -0.15) is 4.57 Å². The zero-order valence-electron chi connectivity index (χ0n) is 11.9. The van der Waals surface area contributed by atoms with E-state index in [1.54, 1.807) is 12.1 Å².